The second-order valence-electron chi connectivity index (χ2n) is 6.08. The number of nitrogens with zero attached hydrogens (tertiary/aromatic N) is 1. The fourth-order valence-electron chi connectivity index (χ4n) is 3.09. The number of sulfone groups is 1. The Morgan fingerprint density at radius 3 is 2.38 bits per heavy atom. The van der Waals surface area contributed by atoms with E-state index in [1.807, 2.05) is 6.92 Å². The number of benzene rings is 1. The first-order valence-electron chi connectivity index (χ1n) is 7.48. The van der Waals surface area contributed by atoms with Crippen LogP contribution in [0.2, 0.25) is 0 Å². The number of hydrogen-bond donors (Lipinski definition) is 1. The molecule has 7 heteroatoms. The minimum absolute atomic E-state index is 0.0557. The number of hydrogen-bond acceptors (Lipinski definition) is 4. The molecule has 0 spiro atoms. The molecule has 1 atom stereocenters. The van der Waals surface area contributed by atoms with Gasteiger partial charge in [-0.3, -0.25) is 9.59 Å². The van der Waals surface area contributed by atoms with Crippen LogP contribution in [0, 0.1) is 6.92 Å². The van der Waals surface area contributed by atoms with E-state index in [4.69, 9.17) is 0 Å². The molecule has 24 heavy (non-hydrogen) atoms. The van der Waals surface area contributed by atoms with Gasteiger partial charge in [-0.25, -0.2) is 8.42 Å². The van der Waals surface area contributed by atoms with Crippen LogP contribution in [-0.4, -0.2) is 36.1 Å². The summed E-state index contributed by atoms with van der Waals surface area (Å²) in [7, 11) is -3.66. The number of ketones is 1. The largest absolute Gasteiger partial charge is 0.481 e. The normalized spacial score (nSPS) is 16.8. The third-order valence-electron chi connectivity index (χ3n) is 4.32. The topological polar surface area (TPSA) is 93.4 Å². The minimum atomic E-state index is -3.66. The van der Waals surface area contributed by atoms with Gasteiger partial charge in [0.15, 0.2) is 9.84 Å². The first kappa shape index (κ1) is 16.4. The van der Waals surface area contributed by atoms with Crippen LogP contribution in [0.25, 0.3) is 0 Å². The Bertz CT molecular complexity index is 938. The lowest BCUT2D eigenvalue weighted by Crippen LogP contribution is -2.13. The van der Waals surface area contributed by atoms with Gasteiger partial charge < -0.3 is 9.67 Å². The molecule has 0 radical (unpaired) electrons. The highest BCUT2D eigenvalue weighted by Gasteiger charge is 2.36. The van der Waals surface area contributed by atoms with E-state index in [-0.39, 0.29) is 10.6 Å². The summed E-state index contributed by atoms with van der Waals surface area (Å²) in [4.78, 5) is 24.2. The number of carboxylic acid groups (broad SMARTS) is 1. The number of aryl methyl sites for hydroxylation is 1. The molecular weight excluding hydrogens is 330 g/mol. The van der Waals surface area contributed by atoms with Gasteiger partial charge in [0.2, 0.25) is 5.78 Å². The van der Waals surface area contributed by atoms with E-state index in [2.05, 4.69) is 0 Å². The van der Waals surface area contributed by atoms with Gasteiger partial charge in [-0.05, 0) is 19.4 Å². The summed E-state index contributed by atoms with van der Waals surface area (Å²) in [5.41, 5.74) is 1.80. The van der Waals surface area contributed by atoms with Crippen LogP contribution in [0.1, 0.15) is 39.6 Å². The maximum Gasteiger partial charge on any atom is 0.312 e. The Morgan fingerprint density at radius 2 is 1.83 bits per heavy atom. The van der Waals surface area contributed by atoms with E-state index in [1.165, 1.54) is 10.6 Å². The highest BCUT2D eigenvalue weighted by Crippen LogP contribution is 2.35. The van der Waals surface area contributed by atoms with Gasteiger partial charge in [0.05, 0.1) is 10.8 Å². The zero-order valence-corrected chi connectivity index (χ0v) is 14.1. The van der Waals surface area contributed by atoms with Crippen molar-refractivity contribution >= 4 is 21.6 Å². The van der Waals surface area contributed by atoms with Crippen molar-refractivity contribution in [3.8, 4) is 0 Å². The zero-order valence-electron chi connectivity index (χ0n) is 13.3. The lowest BCUT2D eigenvalue weighted by atomic mass is 10.0. The van der Waals surface area contributed by atoms with E-state index in [1.54, 1.807) is 24.3 Å². The Balaban J connectivity index is 2.20. The van der Waals surface area contributed by atoms with Crippen molar-refractivity contribution in [3.05, 3.63) is 52.8 Å². The van der Waals surface area contributed by atoms with Crippen molar-refractivity contribution in [3.63, 3.8) is 0 Å². The predicted octanol–water partition coefficient (Wildman–Crippen LogP) is 2.00. The third kappa shape index (κ3) is 2.65. The maximum atomic E-state index is 12.9. The van der Waals surface area contributed by atoms with Crippen LogP contribution in [0.15, 0.2) is 35.2 Å². The monoisotopic (exact) mass is 347 g/mol. The number of rotatable bonds is 4. The second kappa shape index (κ2) is 5.59. The van der Waals surface area contributed by atoms with Crippen molar-refractivity contribution in [2.45, 2.75) is 30.7 Å². The molecule has 126 valence electrons. The fourth-order valence-corrected chi connectivity index (χ4v) is 3.98. The summed E-state index contributed by atoms with van der Waals surface area (Å²) in [5, 5.41) is 9.30. The molecule has 0 amide bonds. The quantitative estimate of drug-likeness (QED) is 0.854. The molecule has 1 aliphatic heterocycles. The molecule has 3 rings (SSSR count). The zero-order chi connectivity index (χ0) is 17.6. The molecule has 1 unspecified atom stereocenters. The number of fused-ring (bicyclic) bond motifs is 1. The molecule has 0 saturated heterocycles. The molecule has 1 aliphatic rings. The SMILES string of the molecule is Cc1ccc(C(=O)c2c(S(C)(=O)=O)cc3n2CCC3C(=O)O)cc1. The van der Waals surface area contributed by atoms with Crippen LogP contribution < -0.4 is 0 Å². The average molecular weight is 347 g/mol. The van der Waals surface area contributed by atoms with E-state index >= 15 is 0 Å². The highest BCUT2D eigenvalue weighted by molar-refractivity contribution is 7.90. The molecule has 1 aromatic carbocycles. The van der Waals surface area contributed by atoms with Crippen molar-refractivity contribution in [1.82, 2.24) is 4.57 Å². The van der Waals surface area contributed by atoms with E-state index in [9.17, 15) is 23.1 Å². The van der Waals surface area contributed by atoms with Crippen LogP contribution in [0.3, 0.4) is 0 Å². The minimum Gasteiger partial charge on any atom is -0.481 e. The predicted molar refractivity (Wildman–Crippen MR) is 87.1 cm³/mol. The summed E-state index contributed by atoms with van der Waals surface area (Å²) in [5.74, 6) is -2.21. The smallest absolute Gasteiger partial charge is 0.312 e. The van der Waals surface area contributed by atoms with Gasteiger partial charge in [-0.2, -0.15) is 0 Å². The molecule has 2 heterocycles. The standard InChI is InChI=1S/C17H17NO5S/c1-10-3-5-11(6-4-10)16(19)15-14(24(2,22)23)9-13-12(17(20)21)7-8-18(13)15/h3-6,9,12H,7-8H2,1-2H3,(H,20,21). The Morgan fingerprint density at radius 1 is 1.21 bits per heavy atom. The third-order valence-corrected chi connectivity index (χ3v) is 5.43. The number of aliphatic carboxylic acids is 1. The van der Waals surface area contributed by atoms with Crippen molar-refractivity contribution in [2.75, 3.05) is 6.26 Å². The van der Waals surface area contributed by atoms with E-state index in [0.717, 1.165) is 11.8 Å². The van der Waals surface area contributed by atoms with E-state index in [0.29, 0.717) is 24.2 Å². The van der Waals surface area contributed by atoms with Gasteiger partial charge >= 0.3 is 5.97 Å². The van der Waals surface area contributed by atoms with Gasteiger partial charge in [0.1, 0.15) is 5.69 Å². The van der Waals surface area contributed by atoms with E-state index < -0.39 is 27.5 Å². The molecular formula is C17H17NO5S. The summed E-state index contributed by atoms with van der Waals surface area (Å²) in [6, 6.07) is 8.19. The lowest BCUT2D eigenvalue weighted by Gasteiger charge is -2.08. The molecule has 0 bridgehead atoms. The number of carbonyl (C=O) groups excluding carboxylic acids is 1. The van der Waals surface area contributed by atoms with Crippen LogP contribution in [0.5, 0.6) is 0 Å². The van der Waals surface area contributed by atoms with Gasteiger partial charge in [-0.1, -0.05) is 29.8 Å². The van der Waals surface area contributed by atoms with Crippen molar-refractivity contribution in [2.24, 2.45) is 0 Å². The molecule has 0 aliphatic carbocycles. The van der Waals surface area contributed by atoms with Crippen molar-refractivity contribution in [1.29, 1.82) is 0 Å². The molecule has 6 nitrogen and oxygen atoms in total. The molecule has 0 fully saturated rings. The van der Waals surface area contributed by atoms with Crippen LogP contribution >= 0.6 is 0 Å². The highest BCUT2D eigenvalue weighted by atomic mass is 32.2. The summed E-state index contributed by atoms with van der Waals surface area (Å²) in [6.45, 7) is 2.21. The fraction of sp³-hybridized carbons (Fsp3) is 0.294. The Kier molecular flexibility index (Phi) is 3.83. The first-order valence-corrected chi connectivity index (χ1v) is 9.37. The number of aromatic nitrogens is 1. The average Bonchev–Trinajstić information content (AvgIpc) is 3.05. The molecule has 2 aromatic rings. The Labute approximate surface area is 139 Å². The summed E-state index contributed by atoms with van der Waals surface area (Å²) >= 11 is 0. The molecule has 1 N–H and O–H groups in total. The molecule has 1 aromatic heterocycles. The maximum absolute atomic E-state index is 12.9. The Hall–Kier alpha value is -2.41. The van der Waals surface area contributed by atoms with Gasteiger partial charge in [0.25, 0.3) is 0 Å². The summed E-state index contributed by atoms with van der Waals surface area (Å²) < 4.78 is 25.8. The van der Waals surface area contributed by atoms with Crippen LogP contribution in [-0.2, 0) is 21.2 Å². The molecule has 0 saturated carbocycles. The summed E-state index contributed by atoms with van der Waals surface area (Å²) in [6.07, 6.45) is 1.38. The van der Waals surface area contributed by atoms with Crippen molar-refractivity contribution < 1.29 is 23.1 Å². The number of carboxylic acids is 1. The lowest BCUT2D eigenvalue weighted by molar-refractivity contribution is -0.138. The first-order chi connectivity index (χ1) is 11.2. The van der Waals surface area contributed by atoms with Crippen LogP contribution in [0.4, 0.5) is 0 Å². The second-order valence-corrected chi connectivity index (χ2v) is 8.06. The van der Waals surface area contributed by atoms with Gasteiger partial charge in [-0.15, -0.1) is 0 Å². The van der Waals surface area contributed by atoms with Gasteiger partial charge in [0, 0.05) is 24.1 Å². The number of carbonyl (C=O) groups is 2.